The van der Waals surface area contributed by atoms with Crippen LogP contribution in [-0.4, -0.2) is 40.1 Å². The largest absolute Gasteiger partial charge is 0.507 e. The Morgan fingerprint density at radius 2 is 1.95 bits per heavy atom. The number of hydrogen-bond acceptors (Lipinski definition) is 8. The molecule has 4 aromatic rings. The van der Waals surface area contributed by atoms with Gasteiger partial charge < -0.3 is 19.7 Å². The van der Waals surface area contributed by atoms with Crippen LogP contribution in [0.25, 0.3) is 16.0 Å². The number of phenols is 1. The topological polar surface area (TPSA) is 109 Å². The molecular formula is C29H24N2O6S. The van der Waals surface area contributed by atoms with Crippen LogP contribution in [0.2, 0.25) is 0 Å². The van der Waals surface area contributed by atoms with Crippen molar-refractivity contribution in [3.05, 3.63) is 82.4 Å². The summed E-state index contributed by atoms with van der Waals surface area (Å²) in [5, 5.41) is 22.0. The number of phenolic OH excluding ortho intramolecular Hbond substituents is 1. The summed E-state index contributed by atoms with van der Waals surface area (Å²) in [6.45, 7) is 3.93. The average molecular weight is 529 g/mol. The van der Waals surface area contributed by atoms with Gasteiger partial charge in [-0.2, -0.15) is 0 Å². The monoisotopic (exact) mass is 528 g/mol. The van der Waals surface area contributed by atoms with E-state index in [2.05, 4.69) is 4.98 Å². The first-order chi connectivity index (χ1) is 18.2. The Morgan fingerprint density at radius 3 is 2.74 bits per heavy atom. The summed E-state index contributed by atoms with van der Waals surface area (Å²) in [4.78, 5) is 33.0. The molecule has 0 spiro atoms. The molecule has 0 saturated carbocycles. The zero-order valence-electron chi connectivity index (χ0n) is 20.9. The number of ether oxygens (including phenoxy) is 2. The van der Waals surface area contributed by atoms with E-state index in [1.54, 1.807) is 30.3 Å². The van der Waals surface area contributed by atoms with E-state index >= 15 is 0 Å². The molecule has 0 bridgehead atoms. The summed E-state index contributed by atoms with van der Waals surface area (Å²) >= 11 is 1.29. The van der Waals surface area contributed by atoms with Gasteiger partial charge in [0.25, 0.3) is 5.78 Å². The number of anilines is 1. The van der Waals surface area contributed by atoms with Gasteiger partial charge in [-0.05, 0) is 73.0 Å². The lowest BCUT2D eigenvalue weighted by molar-refractivity contribution is -0.132. The Labute approximate surface area is 222 Å². The van der Waals surface area contributed by atoms with Crippen LogP contribution in [0.5, 0.6) is 17.2 Å². The molecule has 8 nitrogen and oxygen atoms in total. The van der Waals surface area contributed by atoms with E-state index in [1.165, 1.54) is 29.4 Å². The molecule has 1 saturated heterocycles. The number of nitrogens with zero attached hydrogens (tertiary/aromatic N) is 2. The third kappa shape index (κ3) is 3.78. The van der Waals surface area contributed by atoms with Crippen molar-refractivity contribution in [2.45, 2.75) is 32.4 Å². The number of aliphatic hydroxyl groups excluding tert-OH is 1. The molecule has 38 heavy (non-hydrogen) atoms. The molecule has 0 radical (unpaired) electrons. The number of thiazole rings is 1. The molecule has 192 valence electrons. The van der Waals surface area contributed by atoms with Crippen molar-refractivity contribution in [2.75, 3.05) is 12.0 Å². The average Bonchev–Trinajstić information content (AvgIpc) is 3.56. The smallest absolute Gasteiger partial charge is 0.301 e. The number of hydrogen-bond donors (Lipinski definition) is 2. The number of rotatable bonds is 4. The van der Waals surface area contributed by atoms with Crippen molar-refractivity contribution in [3.63, 3.8) is 0 Å². The van der Waals surface area contributed by atoms with Gasteiger partial charge in [-0.1, -0.05) is 23.5 Å². The third-order valence-corrected chi connectivity index (χ3v) is 7.89. The second kappa shape index (κ2) is 8.88. The highest BCUT2D eigenvalue weighted by Gasteiger charge is 2.48. The fourth-order valence-corrected chi connectivity index (χ4v) is 6.15. The zero-order valence-corrected chi connectivity index (χ0v) is 21.7. The van der Waals surface area contributed by atoms with Gasteiger partial charge in [-0.3, -0.25) is 14.5 Å². The lowest BCUT2D eigenvalue weighted by Gasteiger charge is -2.23. The molecule has 6 rings (SSSR count). The number of amides is 1. The van der Waals surface area contributed by atoms with Crippen molar-refractivity contribution in [2.24, 2.45) is 0 Å². The Morgan fingerprint density at radius 1 is 1.13 bits per heavy atom. The van der Waals surface area contributed by atoms with Crippen molar-refractivity contribution >= 4 is 44.1 Å². The van der Waals surface area contributed by atoms with Crippen molar-refractivity contribution in [1.29, 1.82) is 0 Å². The lowest BCUT2D eigenvalue weighted by Crippen LogP contribution is -2.29. The van der Waals surface area contributed by atoms with Gasteiger partial charge in [0.2, 0.25) is 0 Å². The molecular weight excluding hydrogens is 504 g/mol. The number of Topliss-reactive ketones (excluding diaryl/α,β-unsaturated/α-hetero) is 1. The Balaban J connectivity index is 1.55. The number of fused-ring (bicyclic) bond motifs is 2. The Bertz CT molecular complexity index is 1670. The summed E-state index contributed by atoms with van der Waals surface area (Å²) in [5.74, 6) is -1.08. The number of aromatic hydroxyl groups is 1. The Hall–Kier alpha value is -4.37. The first-order valence-electron chi connectivity index (χ1n) is 12.1. The molecule has 2 aliphatic heterocycles. The van der Waals surface area contributed by atoms with Crippen molar-refractivity contribution in [3.8, 4) is 17.2 Å². The molecule has 2 N–H and O–H groups in total. The van der Waals surface area contributed by atoms with Crippen LogP contribution >= 0.6 is 11.3 Å². The van der Waals surface area contributed by atoms with Crippen LogP contribution in [0, 0.1) is 6.92 Å². The third-order valence-electron chi connectivity index (χ3n) is 6.87. The molecule has 2 atom stereocenters. The highest BCUT2D eigenvalue weighted by atomic mass is 32.1. The van der Waals surface area contributed by atoms with Crippen LogP contribution in [0.3, 0.4) is 0 Å². The standard InChI is InChI=1S/C29H24N2O6S/c1-14-4-7-19-23(10-14)38-29(30-19)31-25(16-5-8-20(32)22(13-16)36-3)24(27(34)28(31)35)26(33)17-6-9-21-18(12-17)11-15(2)37-21/h4-10,12-13,15,25,32-33H,11H2,1-3H3/b26-24+/t15-,25-/m1/s1. The first-order valence-corrected chi connectivity index (χ1v) is 12.9. The second-order valence-electron chi connectivity index (χ2n) is 9.52. The van der Waals surface area contributed by atoms with E-state index < -0.39 is 17.7 Å². The van der Waals surface area contributed by atoms with E-state index in [-0.39, 0.29) is 28.9 Å². The zero-order chi connectivity index (χ0) is 26.7. The minimum Gasteiger partial charge on any atom is -0.507 e. The van der Waals surface area contributed by atoms with Crippen LogP contribution in [0.15, 0.2) is 60.2 Å². The first kappa shape index (κ1) is 24.0. The van der Waals surface area contributed by atoms with E-state index in [0.29, 0.717) is 28.2 Å². The van der Waals surface area contributed by atoms with Crippen LogP contribution in [-0.2, 0) is 16.0 Å². The molecule has 1 amide bonds. The number of methoxy groups -OCH3 is 1. The highest BCUT2D eigenvalue weighted by molar-refractivity contribution is 7.22. The van der Waals surface area contributed by atoms with E-state index in [4.69, 9.17) is 9.47 Å². The number of aliphatic hydroxyl groups is 1. The summed E-state index contributed by atoms with van der Waals surface area (Å²) in [7, 11) is 1.42. The number of aryl methyl sites for hydroxylation is 1. The van der Waals surface area contributed by atoms with E-state index in [1.807, 2.05) is 32.0 Å². The Kier molecular flexibility index (Phi) is 5.61. The fraction of sp³-hybridized carbons (Fsp3) is 0.207. The molecule has 1 fully saturated rings. The predicted octanol–water partition coefficient (Wildman–Crippen LogP) is 5.27. The van der Waals surface area contributed by atoms with E-state index in [9.17, 15) is 19.8 Å². The molecule has 0 aliphatic carbocycles. The quantitative estimate of drug-likeness (QED) is 0.211. The molecule has 0 unspecified atom stereocenters. The maximum absolute atomic E-state index is 13.5. The number of carbonyl (C=O) groups excluding carboxylic acids is 2. The molecule has 9 heteroatoms. The highest BCUT2D eigenvalue weighted by Crippen LogP contribution is 2.46. The van der Waals surface area contributed by atoms with Crippen molar-refractivity contribution in [1.82, 2.24) is 4.98 Å². The summed E-state index contributed by atoms with van der Waals surface area (Å²) < 4.78 is 11.9. The number of carbonyl (C=O) groups is 2. The molecule has 3 heterocycles. The fourth-order valence-electron chi connectivity index (χ4n) is 5.06. The maximum atomic E-state index is 13.5. The molecule has 3 aromatic carbocycles. The van der Waals surface area contributed by atoms with Gasteiger partial charge in [0.1, 0.15) is 17.6 Å². The minimum absolute atomic E-state index is 0.0140. The maximum Gasteiger partial charge on any atom is 0.301 e. The van der Waals surface area contributed by atoms with Gasteiger partial charge in [-0.25, -0.2) is 4.98 Å². The van der Waals surface area contributed by atoms with Gasteiger partial charge in [0.15, 0.2) is 16.6 Å². The van der Waals surface area contributed by atoms with Gasteiger partial charge >= 0.3 is 5.91 Å². The lowest BCUT2D eigenvalue weighted by atomic mass is 9.94. The number of aromatic nitrogens is 1. The van der Waals surface area contributed by atoms with Crippen molar-refractivity contribution < 1.29 is 29.3 Å². The second-order valence-corrected chi connectivity index (χ2v) is 10.5. The van der Waals surface area contributed by atoms with Gasteiger partial charge in [-0.15, -0.1) is 0 Å². The van der Waals surface area contributed by atoms with E-state index in [0.717, 1.165) is 21.6 Å². The summed E-state index contributed by atoms with van der Waals surface area (Å²) in [6.07, 6.45) is 0.689. The van der Waals surface area contributed by atoms with Crippen LogP contribution in [0.4, 0.5) is 5.13 Å². The van der Waals surface area contributed by atoms with Crippen LogP contribution in [0.1, 0.15) is 35.2 Å². The van der Waals surface area contributed by atoms with Gasteiger partial charge in [0, 0.05) is 12.0 Å². The number of ketones is 1. The molecule has 1 aromatic heterocycles. The minimum atomic E-state index is -0.991. The normalized spacial score (nSPS) is 20.1. The summed E-state index contributed by atoms with van der Waals surface area (Å²) in [6, 6.07) is 14.6. The molecule has 2 aliphatic rings. The predicted molar refractivity (Wildman–Crippen MR) is 144 cm³/mol. The van der Waals surface area contributed by atoms with Gasteiger partial charge in [0.05, 0.1) is 28.9 Å². The SMILES string of the molecule is COc1cc([C@@H]2/C(=C(\O)c3ccc4c(c3)C[C@@H](C)O4)C(=O)C(=O)N2c2nc3ccc(C)cc3s2)ccc1O. The van der Waals surface area contributed by atoms with Crippen LogP contribution < -0.4 is 14.4 Å². The number of benzene rings is 3. The summed E-state index contributed by atoms with van der Waals surface area (Å²) in [5.41, 5.74) is 3.49.